The molecule has 176 valence electrons. The normalized spacial score (nSPS) is 12.1. The molecule has 2 rings (SSSR count). The van der Waals surface area contributed by atoms with Crippen LogP contribution in [0.25, 0.3) is 11.3 Å². The fourth-order valence-corrected chi connectivity index (χ4v) is 3.00. The van der Waals surface area contributed by atoms with Crippen molar-refractivity contribution in [3.63, 3.8) is 0 Å². The molecule has 1 amide bonds. The van der Waals surface area contributed by atoms with Gasteiger partial charge in [-0.05, 0) is 18.6 Å². The summed E-state index contributed by atoms with van der Waals surface area (Å²) in [7, 11) is 0. The number of halogens is 4. The molecule has 0 spiro atoms. The van der Waals surface area contributed by atoms with Crippen molar-refractivity contribution >= 4 is 17.5 Å². The molecule has 0 atom stereocenters. The van der Waals surface area contributed by atoms with Crippen LogP contribution in [0, 0.1) is 0 Å². The van der Waals surface area contributed by atoms with E-state index in [1.54, 1.807) is 24.3 Å². The monoisotopic (exact) mass is 477 g/mol. The Hall–Kier alpha value is -2.47. The van der Waals surface area contributed by atoms with Crippen LogP contribution >= 0.6 is 11.6 Å². The van der Waals surface area contributed by atoms with Gasteiger partial charge in [0.1, 0.15) is 17.9 Å². The van der Waals surface area contributed by atoms with Crippen molar-refractivity contribution in [2.24, 2.45) is 0 Å². The number of amides is 1. The number of aliphatic hydroxyl groups is 3. The Kier molecular flexibility index (Phi) is 8.79. The van der Waals surface area contributed by atoms with Crippen LogP contribution in [-0.4, -0.2) is 62.3 Å². The van der Waals surface area contributed by atoms with E-state index in [1.807, 2.05) is 0 Å². The van der Waals surface area contributed by atoms with Crippen molar-refractivity contribution in [3.8, 4) is 11.3 Å². The van der Waals surface area contributed by atoms with Gasteiger partial charge in [0.05, 0.1) is 25.5 Å². The Balaban J connectivity index is 2.37. The topological polar surface area (TPSA) is 125 Å². The highest BCUT2D eigenvalue weighted by atomic mass is 35.5. The number of aliphatic hydroxyl groups excluding tert-OH is 3. The van der Waals surface area contributed by atoms with Gasteiger partial charge in [-0.1, -0.05) is 23.7 Å². The number of aromatic nitrogens is 2. The van der Waals surface area contributed by atoms with Crippen LogP contribution in [0.4, 0.5) is 13.2 Å². The quantitative estimate of drug-likeness (QED) is 0.408. The predicted molar refractivity (Wildman–Crippen MR) is 110 cm³/mol. The average Bonchev–Trinajstić information content (AvgIpc) is 2.74. The molecule has 0 aliphatic heterocycles. The summed E-state index contributed by atoms with van der Waals surface area (Å²) in [5, 5.41) is 30.7. The first kappa shape index (κ1) is 25.8. The zero-order valence-corrected chi connectivity index (χ0v) is 17.7. The molecule has 1 heterocycles. The van der Waals surface area contributed by atoms with Gasteiger partial charge in [0.2, 0.25) is 5.91 Å². The van der Waals surface area contributed by atoms with Crippen molar-refractivity contribution in [2.75, 3.05) is 19.8 Å². The Morgan fingerprint density at radius 2 is 1.69 bits per heavy atom. The van der Waals surface area contributed by atoms with Crippen LogP contribution in [0.1, 0.15) is 18.7 Å². The third kappa shape index (κ3) is 7.02. The number of carbonyl (C=O) groups excluding carboxylic acids is 1. The lowest BCUT2D eigenvalue weighted by molar-refractivity contribution is -0.135. The van der Waals surface area contributed by atoms with E-state index in [-0.39, 0.29) is 24.4 Å². The summed E-state index contributed by atoms with van der Waals surface area (Å²) in [6, 6.07) is 7.47. The number of nitrogens with zero attached hydrogens (tertiary/aromatic N) is 2. The molecular weight excluding hydrogens is 455 g/mol. The molecule has 2 aromatic rings. The van der Waals surface area contributed by atoms with Gasteiger partial charge >= 0.3 is 6.18 Å². The van der Waals surface area contributed by atoms with Gasteiger partial charge in [-0.2, -0.15) is 13.2 Å². The summed E-state index contributed by atoms with van der Waals surface area (Å²) in [6.07, 6.45) is -6.06. The Morgan fingerprint density at radius 3 is 2.22 bits per heavy atom. The van der Waals surface area contributed by atoms with Gasteiger partial charge in [0.25, 0.3) is 5.56 Å². The SMILES string of the molecule is O=C(Cn1c(CCCC(F)(F)F)nc(-c2ccc(Cl)cc2)cc1=O)NC(CO)(CO)CO. The second-order valence-corrected chi connectivity index (χ2v) is 7.70. The fraction of sp³-hybridized carbons (Fsp3) is 0.450. The molecule has 0 aliphatic carbocycles. The number of rotatable bonds is 10. The lowest BCUT2D eigenvalue weighted by Gasteiger charge is -2.29. The third-order valence-electron chi connectivity index (χ3n) is 4.70. The summed E-state index contributed by atoms with van der Waals surface area (Å²) in [5.74, 6) is -0.883. The highest BCUT2D eigenvalue weighted by molar-refractivity contribution is 6.30. The molecule has 0 unspecified atom stereocenters. The second-order valence-electron chi connectivity index (χ2n) is 7.26. The van der Waals surface area contributed by atoms with Crippen molar-refractivity contribution in [3.05, 3.63) is 51.5 Å². The number of hydrogen-bond donors (Lipinski definition) is 4. The molecule has 0 fully saturated rings. The second kappa shape index (κ2) is 10.9. The largest absolute Gasteiger partial charge is 0.394 e. The average molecular weight is 478 g/mol. The van der Waals surface area contributed by atoms with Crippen LogP contribution < -0.4 is 10.9 Å². The third-order valence-corrected chi connectivity index (χ3v) is 4.95. The van der Waals surface area contributed by atoms with E-state index in [2.05, 4.69) is 10.3 Å². The van der Waals surface area contributed by atoms with E-state index in [9.17, 15) is 38.1 Å². The fourth-order valence-electron chi connectivity index (χ4n) is 2.88. The van der Waals surface area contributed by atoms with Gasteiger partial charge < -0.3 is 20.6 Å². The molecule has 8 nitrogen and oxygen atoms in total. The molecule has 1 aromatic heterocycles. The molecule has 0 saturated heterocycles. The van der Waals surface area contributed by atoms with Gasteiger partial charge in [0, 0.05) is 29.5 Å². The maximum absolute atomic E-state index is 12.7. The van der Waals surface area contributed by atoms with Crippen molar-refractivity contribution in [2.45, 2.75) is 37.5 Å². The molecular formula is C20H23ClF3N3O5. The standard InChI is InChI=1S/C20H23ClF3N3O5/c21-14-5-3-13(4-6-14)15-8-18(32)27(16(25-15)2-1-7-20(22,23)24)9-17(31)26-19(10-28,11-29)12-30/h3-6,8,28-30H,1-2,7,9-12H2,(H,26,31). The Labute approximate surface area is 186 Å². The minimum Gasteiger partial charge on any atom is -0.394 e. The lowest BCUT2D eigenvalue weighted by atomic mass is 10.0. The zero-order chi connectivity index (χ0) is 23.9. The van der Waals surface area contributed by atoms with Crippen molar-refractivity contribution < 1.29 is 33.3 Å². The molecule has 4 N–H and O–H groups in total. The maximum Gasteiger partial charge on any atom is 0.389 e. The van der Waals surface area contributed by atoms with Gasteiger partial charge in [-0.25, -0.2) is 4.98 Å². The molecule has 0 bridgehead atoms. The van der Waals surface area contributed by atoms with E-state index in [0.29, 0.717) is 10.6 Å². The number of carbonyl (C=O) groups is 1. The minimum absolute atomic E-state index is 0.0376. The van der Waals surface area contributed by atoms with E-state index < -0.39 is 56.0 Å². The van der Waals surface area contributed by atoms with Crippen LogP contribution in [0.2, 0.25) is 5.02 Å². The molecule has 1 aromatic carbocycles. The van der Waals surface area contributed by atoms with Gasteiger partial charge in [-0.3, -0.25) is 14.2 Å². The lowest BCUT2D eigenvalue weighted by Crippen LogP contribution is -2.58. The highest BCUT2D eigenvalue weighted by Gasteiger charge is 2.30. The molecule has 0 radical (unpaired) electrons. The van der Waals surface area contributed by atoms with Crippen molar-refractivity contribution in [1.82, 2.24) is 14.9 Å². The molecule has 32 heavy (non-hydrogen) atoms. The molecule has 0 aliphatic rings. The predicted octanol–water partition coefficient (Wildman–Crippen LogP) is 1.28. The first-order chi connectivity index (χ1) is 15.0. The summed E-state index contributed by atoms with van der Waals surface area (Å²) in [6.45, 7) is -2.94. The van der Waals surface area contributed by atoms with E-state index in [4.69, 9.17) is 11.6 Å². The number of nitrogens with one attached hydrogen (secondary N) is 1. The minimum atomic E-state index is -4.39. The number of benzene rings is 1. The van der Waals surface area contributed by atoms with E-state index in [1.165, 1.54) is 0 Å². The molecule has 12 heteroatoms. The summed E-state index contributed by atoms with van der Waals surface area (Å²) >= 11 is 5.85. The van der Waals surface area contributed by atoms with E-state index >= 15 is 0 Å². The highest BCUT2D eigenvalue weighted by Crippen LogP contribution is 2.23. The van der Waals surface area contributed by atoms with Gasteiger partial charge in [0.15, 0.2) is 0 Å². The van der Waals surface area contributed by atoms with E-state index in [0.717, 1.165) is 10.6 Å². The Bertz CT molecular complexity index is 968. The number of alkyl halides is 3. The zero-order valence-electron chi connectivity index (χ0n) is 16.9. The van der Waals surface area contributed by atoms with Crippen molar-refractivity contribution in [1.29, 1.82) is 0 Å². The van der Waals surface area contributed by atoms with Crippen LogP contribution in [-0.2, 0) is 17.8 Å². The van der Waals surface area contributed by atoms with Crippen LogP contribution in [0.15, 0.2) is 35.1 Å². The van der Waals surface area contributed by atoms with Gasteiger partial charge in [-0.15, -0.1) is 0 Å². The molecule has 0 saturated carbocycles. The first-order valence-corrected chi connectivity index (χ1v) is 9.97. The van der Waals surface area contributed by atoms with Crippen LogP contribution in [0.3, 0.4) is 0 Å². The number of aryl methyl sites for hydroxylation is 1. The Morgan fingerprint density at radius 1 is 1.09 bits per heavy atom. The first-order valence-electron chi connectivity index (χ1n) is 9.59. The maximum atomic E-state index is 12.7. The smallest absolute Gasteiger partial charge is 0.389 e. The van der Waals surface area contributed by atoms with Crippen LogP contribution in [0.5, 0.6) is 0 Å². The summed E-state index contributed by atoms with van der Waals surface area (Å²) < 4.78 is 38.7. The summed E-state index contributed by atoms with van der Waals surface area (Å²) in [4.78, 5) is 29.4. The summed E-state index contributed by atoms with van der Waals surface area (Å²) in [5.41, 5.74) is -1.67. The number of hydrogen-bond acceptors (Lipinski definition) is 6.